The van der Waals surface area contributed by atoms with Crippen LogP contribution < -0.4 is 0 Å². The van der Waals surface area contributed by atoms with Crippen molar-refractivity contribution in [3.05, 3.63) is 10.4 Å². The third kappa shape index (κ3) is 16.6. The maximum absolute atomic E-state index is 8.26. The first-order valence-electron chi connectivity index (χ1n) is 6.10. The number of ether oxygens (including phenoxy) is 4. The van der Waals surface area contributed by atoms with Gasteiger partial charge in [-0.15, -0.1) is 0 Å². The number of nitriles is 1. The summed E-state index contributed by atoms with van der Waals surface area (Å²) in [6, 6.07) is 1.99. The molecule has 0 aliphatic heterocycles. The largest absolute Gasteiger partial charge is 0.379 e. The zero-order valence-corrected chi connectivity index (χ0v) is 11.0. The van der Waals surface area contributed by atoms with Gasteiger partial charge in [0.05, 0.1) is 65.3 Å². The van der Waals surface area contributed by atoms with E-state index >= 15 is 0 Å². The van der Waals surface area contributed by atoms with Crippen molar-refractivity contribution in [1.82, 2.24) is 0 Å². The summed E-state index contributed by atoms with van der Waals surface area (Å²) in [5.74, 6) is 0. The van der Waals surface area contributed by atoms with Crippen molar-refractivity contribution in [3.63, 3.8) is 0 Å². The normalized spacial score (nSPS) is 9.84. The predicted octanol–water partition coefficient (Wildman–Crippen LogP) is 1.28. The van der Waals surface area contributed by atoms with Crippen LogP contribution in [0.3, 0.4) is 0 Å². The van der Waals surface area contributed by atoms with Crippen molar-refractivity contribution < 1.29 is 18.9 Å². The van der Waals surface area contributed by atoms with Crippen LogP contribution in [0, 0.1) is 11.3 Å². The molecule has 8 heteroatoms. The molecule has 0 aliphatic rings. The van der Waals surface area contributed by atoms with Crippen LogP contribution in [0.5, 0.6) is 0 Å². The molecule has 0 heterocycles. The van der Waals surface area contributed by atoms with Crippen molar-refractivity contribution >= 4 is 0 Å². The van der Waals surface area contributed by atoms with Gasteiger partial charge in [-0.3, -0.25) is 0 Å². The molecule has 8 nitrogen and oxygen atoms in total. The van der Waals surface area contributed by atoms with Crippen molar-refractivity contribution in [2.75, 3.05) is 59.4 Å². The molecule has 19 heavy (non-hydrogen) atoms. The molecule has 0 aromatic heterocycles. The highest BCUT2D eigenvalue weighted by Gasteiger charge is 1.92. The average molecular weight is 272 g/mol. The predicted molar refractivity (Wildman–Crippen MR) is 67.5 cm³/mol. The fourth-order valence-electron chi connectivity index (χ4n) is 1.03. The maximum Gasteiger partial charge on any atom is 0.0701 e. The van der Waals surface area contributed by atoms with E-state index in [-0.39, 0.29) is 0 Å². The summed E-state index contributed by atoms with van der Waals surface area (Å²) in [4.78, 5) is 2.61. The van der Waals surface area contributed by atoms with E-state index in [1.165, 1.54) is 0 Å². The number of nitrogens with zero attached hydrogens (tertiary/aromatic N) is 4. The van der Waals surface area contributed by atoms with Crippen LogP contribution in [0.4, 0.5) is 0 Å². The first-order valence-corrected chi connectivity index (χ1v) is 6.10. The zero-order chi connectivity index (χ0) is 14.0. The Morgan fingerprint density at radius 2 is 1.32 bits per heavy atom. The highest BCUT2D eigenvalue weighted by molar-refractivity contribution is 4.66. The Morgan fingerprint density at radius 3 is 1.79 bits per heavy atom. The van der Waals surface area contributed by atoms with Crippen LogP contribution >= 0.6 is 0 Å². The van der Waals surface area contributed by atoms with E-state index < -0.39 is 0 Å². The lowest BCUT2D eigenvalue weighted by Gasteiger charge is -2.06. The smallest absolute Gasteiger partial charge is 0.0701 e. The summed E-state index contributed by atoms with van der Waals surface area (Å²) in [5, 5.41) is 11.6. The summed E-state index contributed by atoms with van der Waals surface area (Å²) < 4.78 is 20.8. The van der Waals surface area contributed by atoms with Crippen molar-refractivity contribution in [2.45, 2.75) is 6.42 Å². The summed E-state index contributed by atoms with van der Waals surface area (Å²) in [6.45, 7) is 4.13. The number of rotatable bonds is 14. The van der Waals surface area contributed by atoms with Crippen LogP contribution in [0.25, 0.3) is 10.4 Å². The third-order valence-electron chi connectivity index (χ3n) is 1.87. The van der Waals surface area contributed by atoms with Gasteiger partial charge in [-0.1, -0.05) is 5.11 Å². The molecule has 0 saturated carbocycles. The molecule has 0 radical (unpaired) electrons. The molecule has 108 valence electrons. The summed E-state index contributed by atoms with van der Waals surface area (Å²) in [7, 11) is 0. The summed E-state index contributed by atoms with van der Waals surface area (Å²) in [5.41, 5.74) is 8.01. The van der Waals surface area contributed by atoms with Gasteiger partial charge in [0.2, 0.25) is 0 Å². The van der Waals surface area contributed by atoms with Gasteiger partial charge in [0.25, 0.3) is 0 Å². The van der Waals surface area contributed by atoms with Crippen molar-refractivity contribution in [2.24, 2.45) is 5.11 Å². The average Bonchev–Trinajstić information content (AvgIpc) is 2.43. The van der Waals surface area contributed by atoms with Gasteiger partial charge in [0, 0.05) is 11.5 Å². The van der Waals surface area contributed by atoms with Crippen LogP contribution in [-0.2, 0) is 18.9 Å². The van der Waals surface area contributed by atoms with Crippen LogP contribution in [0.15, 0.2) is 5.11 Å². The number of hydrogen-bond acceptors (Lipinski definition) is 6. The van der Waals surface area contributed by atoms with Crippen molar-refractivity contribution in [3.8, 4) is 6.07 Å². The highest BCUT2D eigenvalue weighted by atomic mass is 16.6. The van der Waals surface area contributed by atoms with Gasteiger partial charge in [0.1, 0.15) is 0 Å². The van der Waals surface area contributed by atoms with Gasteiger partial charge in [-0.2, -0.15) is 5.26 Å². The Morgan fingerprint density at radius 1 is 0.842 bits per heavy atom. The van der Waals surface area contributed by atoms with E-state index in [1.807, 2.05) is 6.07 Å². The third-order valence-corrected chi connectivity index (χ3v) is 1.87. The second kappa shape index (κ2) is 16.6. The summed E-state index contributed by atoms with van der Waals surface area (Å²) in [6.07, 6.45) is 0.406. The molecule has 0 bridgehead atoms. The molecule has 0 aromatic carbocycles. The highest BCUT2D eigenvalue weighted by Crippen LogP contribution is 1.84. The zero-order valence-electron chi connectivity index (χ0n) is 11.0. The Bertz CT molecular complexity index is 276. The van der Waals surface area contributed by atoms with Crippen molar-refractivity contribution in [1.29, 1.82) is 5.26 Å². The molecule has 0 spiro atoms. The molecule has 0 amide bonds. The molecule has 0 aromatic rings. The minimum Gasteiger partial charge on any atom is -0.379 e. The SMILES string of the molecule is N#CCCOCCOCCOCCOCCN=[N+]=[N-]. The quantitative estimate of drug-likeness (QED) is 0.205. The molecule has 0 fully saturated rings. The lowest BCUT2D eigenvalue weighted by atomic mass is 10.5. The second-order valence-corrected chi connectivity index (χ2v) is 3.31. The van der Waals surface area contributed by atoms with E-state index in [1.54, 1.807) is 0 Å². The fourth-order valence-corrected chi connectivity index (χ4v) is 1.03. The Kier molecular flexibility index (Phi) is 15.4. The van der Waals surface area contributed by atoms with E-state index in [0.717, 1.165) is 0 Å². The lowest BCUT2D eigenvalue weighted by molar-refractivity contribution is -0.000407. The van der Waals surface area contributed by atoms with Gasteiger partial charge < -0.3 is 18.9 Å². The first kappa shape index (κ1) is 17.6. The Balaban J connectivity index is 2.95. The molecular weight excluding hydrogens is 252 g/mol. The minimum absolute atomic E-state index is 0.339. The maximum atomic E-state index is 8.26. The van der Waals surface area contributed by atoms with E-state index in [0.29, 0.717) is 65.8 Å². The number of hydrogen-bond donors (Lipinski definition) is 0. The number of azide groups is 1. The monoisotopic (exact) mass is 272 g/mol. The fraction of sp³-hybridized carbons (Fsp3) is 0.909. The van der Waals surface area contributed by atoms with Gasteiger partial charge in [-0.05, 0) is 5.53 Å². The van der Waals surface area contributed by atoms with E-state index in [2.05, 4.69) is 10.0 Å². The standard InChI is InChI=1S/C11H20N4O4/c12-2-1-4-16-6-8-18-10-11-19-9-7-17-5-3-14-15-13/h1,3-11H2. The topological polar surface area (TPSA) is 109 Å². The second-order valence-electron chi connectivity index (χ2n) is 3.31. The molecule has 0 aliphatic carbocycles. The molecule has 0 saturated heterocycles. The van der Waals surface area contributed by atoms with Crippen LogP contribution in [0.2, 0.25) is 0 Å². The van der Waals surface area contributed by atoms with E-state index in [4.69, 9.17) is 29.7 Å². The van der Waals surface area contributed by atoms with Crippen LogP contribution in [0.1, 0.15) is 6.42 Å². The minimum atomic E-state index is 0.339. The summed E-state index contributed by atoms with van der Waals surface area (Å²) >= 11 is 0. The van der Waals surface area contributed by atoms with Gasteiger partial charge in [-0.25, -0.2) is 0 Å². The van der Waals surface area contributed by atoms with Crippen LogP contribution in [-0.4, -0.2) is 59.4 Å². The Labute approximate surface area is 112 Å². The van der Waals surface area contributed by atoms with E-state index in [9.17, 15) is 0 Å². The molecular formula is C11H20N4O4. The lowest BCUT2D eigenvalue weighted by Crippen LogP contribution is -2.12. The van der Waals surface area contributed by atoms with Gasteiger partial charge in [0.15, 0.2) is 0 Å². The first-order chi connectivity index (χ1) is 9.41. The van der Waals surface area contributed by atoms with Gasteiger partial charge >= 0.3 is 0 Å². The molecule has 0 N–H and O–H groups in total. The Hall–Kier alpha value is -1.36. The molecule has 0 atom stereocenters. The molecule has 0 rings (SSSR count). The molecule has 0 unspecified atom stereocenters.